The van der Waals surface area contributed by atoms with Gasteiger partial charge in [0.2, 0.25) is 0 Å². The van der Waals surface area contributed by atoms with Gasteiger partial charge in [0.05, 0.1) is 0 Å². The van der Waals surface area contributed by atoms with Crippen molar-refractivity contribution in [1.82, 2.24) is 0 Å². The van der Waals surface area contributed by atoms with Crippen LogP contribution in [0.25, 0.3) is 0 Å². The molecule has 1 aliphatic rings. The molecule has 132 valence electrons. The van der Waals surface area contributed by atoms with Crippen molar-refractivity contribution < 1.29 is 9.47 Å². The summed E-state index contributed by atoms with van der Waals surface area (Å²) in [5.41, 5.74) is 0. The van der Waals surface area contributed by atoms with E-state index in [2.05, 4.69) is 20.8 Å². The van der Waals surface area contributed by atoms with Gasteiger partial charge in [-0.15, -0.1) is 0 Å². The van der Waals surface area contributed by atoms with E-state index in [9.17, 15) is 0 Å². The molecule has 0 aromatic rings. The lowest BCUT2D eigenvalue weighted by atomic mass is 9.93. The smallest absolute Gasteiger partial charge is 0.168 e. The predicted molar refractivity (Wildman–Crippen MR) is 95.2 cm³/mol. The second-order valence-corrected chi connectivity index (χ2v) is 7.00. The van der Waals surface area contributed by atoms with E-state index in [0.717, 1.165) is 32.0 Å². The van der Waals surface area contributed by atoms with Crippen LogP contribution in [0.15, 0.2) is 0 Å². The molecule has 0 aromatic heterocycles. The molecule has 0 unspecified atom stereocenters. The number of hydrogen-bond donors (Lipinski definition) is 0. The molecular weight excluding hydrogens is 272 g/mol. The van der Waals surface area contributed by atoms with Gasteiger partial charge in [-0.25, -0.2) is 0 Å². The molecule has 0 atom stereocenters. The van der Waals surface area contributed by atoms with Crippen LogP contribution in [-0.2, 0) is 9.47 Å². The van der Waals surface area contributed by atoms with Gasteiger partial charge in [0, 0.05) is 26.1 Å². The Kier molecular flexibility index (Phi) is 11.2. The van der Waals surface area contributed by atoms with Gasteiger partial charge in [0.1, 0.15) is 0 Å². The van der Waals surface area contributed by atoms with E-state index in [1.54, 1.807) is 0 Å². The topological polar surface area (TPSA) is 18.5 Å². The van der Waals surface area contributed by atoms with Crippen LogP contribution in [0.5, 0.6) is 0 Å². The van der Waals surface area contributed by atoms with Gasteiger partial charge < -0.3 is 9.47 Å². The molecule has 0 heterocycles. The molecule has 22 heavy (non-hydrogen) atoms. The minimum atomic E-state index is -0.290. The summed E-state index contributed by atoms with van der Waals surface area (Å²) in [5.74, 6) is 0.532. The zero-order valence-electron chi connectivity index (χ0n) is 15.5. The molecule has 1 fully saturated rings. The van der Waals surface area contributed by atoms with Crippen molar-refractivity contribution in [2.75, 3.05) is 13.2 Å². The molecule has 1 rings (SSSR count). The molecule has 0 aromatic carbocycles. The number of hydrogen-bond acceptors (Lipinski definition) is 2. The second kappa shape index (κ2) is 12.4. The third-order valence-corrected chi connectivity index (χ3v) is 5.05. The molecule has 2 nitrogen and oxygen atoms in total. The maximum atomic E-state index is 6.15. The first-order valence-electron chi connectivity index (χ1n) is 10.0. The van der Waals surface area contributed by atoms with E-state index >= 15 is 0 Å². The van der Waals surface area contributed by atoms with Gasteiger partial charge in [0.15, 0.2) is 5.79 Å². The Morgan fingerprint density at radius 1 is 0.773 bits per heavy atom. The van der Waals surface area contributed by atoms with E-state index in [4.69, 9.17) is 9.47 Å². The molecule has 0 radical (unpaired) electrons. The Labute approximate surface area is 139 Å². The largest absolute Gasteiger partial charge is 0.350 e. The summed E-state index contributed by atoms with van der Waals surface area (Å²) in [4.78, 5) is 0. The van der Waals surface area contributed by atoms with Crippen LogP contribution in [0.1, 0.15) is 104 Å². The highest BCUT2D eigenvalue weighted by Gasteiger charge is 2.34. The van der Waals surface area contributed by atoms with Crippen LogP contribution in [0.2, 0.25) is 0 Å². The first-order valence-corrected chi connectivity index (χ1v) is 10.0. The van der Waals surface area contributed by atoms with E-state index in [1.807, 2.05) is 0 Å². The standard InChI is InChI=1S/C20H40O2/c1-4-7-8-9-10-11-14-17-20(21-5-2,22-6-3)18-19-15-12-13-16-19/h19H,4-18H2,1-3H3. The van der Waals surface area contributed by atoms with Crippen molar-refractivity contribution in [1.29, 1.82) is 0 Å². The van der Waals surface area contributed by atoms with Crippen molar-refractivity contribution in [2.45, 2.75) is 110 Å². The molecule has 0 spiro atoms. The maximum Gasteiger partial charge on any atom is 0.168 e. The number of rotatable bonds is 14. The minimum absolute atomic E-state index is 0.290. The first kappa shape index (κ1) is 20.0. The first-order chi connectivity index (χ1) is 10.8. The van der Waals surface area contributed by atoms with Gasteiger partial charge in [0.25, 0.3) is 0 Å². The lowest BCUT2D eigenvalue weighted by molar-refractivity contribution is -0.246. The quantitative estimate of drug-likeness (QED) is 0.270. The van der Waals surface area contributed by atoms with Gasteiger partial charge in [-0.3, -0.25) is 0 Å². The highest BCUT2D eigenvalue weighted by atomic mass is 16.7. The summed E-state index contributed by atoms with van der Waals surface area (Å²) in [6.07, 6.45) is 17.2. The van der Waals surface area contributed by atoms with Crippen LogP contribution >= 0.6 is 0 Å². The van der Waals surface area contributed by atoms with Crippen molar-refractivity contribution >= 4 is 0 Å². The zero-order chi connectivity index (χ0) is 16.1. The third-order valence-electron chi connectivity index (χ3n) is 5.05. The predicted octanol–water partition coefficient (Wildman–Crippen LogP) is 6.48. The number of ether oxygens (including phenoxy) is 2. The van der Waals surface area contributed by atoms with Gasteiger partial charge >= 0.3 is 0 Å². The fourth-order valence-electron chi connectivity index (χ4n) is 3.94. The van der Waals surface area contributed by atoms with Crippen LogP contribution in [-0.4, -0.2) is 19.0 Å². The van der Waals surface area contributed by atoms with Crippen LogP contribution in [0.3, 0.4) is 0 Å². The zero-order valence-corrected chi connectivity index (χ0v) is 15.5. The monoisotopic (exact) mass is 312 g/mol. The fourth-order valence-corrected chi connectivity index (χ4v) is 3.94. The lowest BCUT2D eigenvalue weighted by Gasteiger charge is -2.35. The Hall–Kier alpha value is -0.0800. The van der Waals surface area contributed by atoms with Crippen molar-refractivity contribution in [3.05, 3.63) is 0 Å². The highest BCUT2D eigenvalue weighted by molar-refractivity contribution is 4.78. The summed E-state index contributed by atoms with van der Waals surface area (Å²) in [7, 11) is 0. The van der Waals surface area contributed by atoms with Crippen LogP contribution in [0.4, 0.5) is 0 Å². The minimum Gasteiger partial charge on any atom is -0.350 e. The molecule has 1 aliphatic carbocycles. The van der Waals surface area contributed by atoms with Crippen molar-refractivity contribution in [2.24, 2.45) is 5.92 Å². The summed E-state index contributed by atoms with van der Waals surface area (Å²) in [6, 6.07) is 0. The van der Waals surface area contributed by atoms with Gasteiger partial charge in [-0.1, -0.05) is 71.1 Å². The summed E-state index contributed by atoms with van der Waals surface area (Å²) < 4.78 is 12.3. The van der Waals surface area contributed by atoms with Crippen LogP contribution < -0.4 is 0 Å². The summed E-state index contributed by atoms with van der Waals surface area (Å²) >= 11 is 0. The molecular formula is C20H40O2. The molecule has 0 saturated heterocycles. The van der Waals surface area contributed by atoms with E-state index in [1.165, 1.54) is 70.6 Å². The SMILES string of the molecule is CCCCCCCCCC(CC1CCCC1)(OCC)OCC. The fraction of sp³-hybridized carbons (Fsp3) is 1.00. The Balaban J connectivity index is 2.35. The Morgan fingerprint density at radius 2 is 1.32 bits per heavy atom. The van der Waals surface area contributed by atoms with E-state index in [0.29, 0.717) is 0 Å². The average Bonchev–Trinajstić information content (AvgIpc) is 2.99. The normalized spacial score (nSPS) is 16.5. The Bertz CT molecular complexity index is 240. The second-order valence-electron chi connectivity index (χ2n) is 7.00. The van der Waals surface area contributed by atoms with Crippen molar-refractivity contribution in [3.8, 4) is 0 Å². The third kappa shape index (κ3) is 7.97. The average molecular weight is 313 g/mol. The summed E-state index contributed by atoms with van der Waals surface area (Å²) in [6.45, 7) is 8.02. The summed E-state index contributed by atoms with van der Waals surface area (Å²) in [5, 5.41) is 0. The molecule has 0 amide bonds. The molecule has 1 saturated carbocycles. The highest BCUT2D eigenvalue weighted by Crippen LogP contribution is 2.37. The molecule has 2 heteroatoms. The lowest BCUT2D eigenvalue weighted by Crippen LogP contribution is -2.38. The van der Waals surface area contributed by atoms with Crippen LogP contribution in [0, 0.1) is 5.92 Å². The van der Waals surface area contributed by atoms with Crippen molar-refractivity contribution in [3.63, 3.8) is 0 Å². The maximum absolute atomic E-state index is 6.15. The molecule has 0 N–H and O–H groups in total. The molecule has 0 aliphatic heterocycles. The van der Waals surface area contributed by atoms with Gasteiger partial charge in [-0.2, -0.15) is 0 Å². The Morgan fingerprint density at radius 3 is 1.86 bits per heavy atom. The molecule has 0 bridgehead atoms. The van der Waals surface area contributed by atoms with E-state index in [-0.39, 0.29) is 5.79 Å². The van der Waals surface area contributed by atoms with Gasteiger partial charge in [-0.05, 0) is 26.2 Å². The number of unbranched alkanes of at least 4 members (excludes halogenated alkanes) is 6. The van der Waals surface area contributed by atoms with E-state index < -0.39 is 0 Å².